The Kier molecular flexibility index (Phi) is 7.72. The van der Waals surface area contributed by atoms with Gasteiger partial charge in [0.1, 0.15) is 12.1 Å². The zero-order chi connectivity index (χ0) is 26.5. The van der Waals surface area contributed by atoms with Crippen LogP contribution in [0.5, 0.6) is 0 Å². The molecule has 0 spiro atoms. The molecule has 1 unspecified atom stereocenters. The molecule has 9 nitrogen and oxygen atoms in total. The van der Waals surface area contributed by atoms with Crippen molar-refractivity contribution < 1.29 is 19.5 Å². The predicted molar refractivity (Wildman–Crippen MR) is 142 cm³/mol. The Morgan fingerprint density at radius 2 is 1.71 bits per heavy atom. The molecule has 1 aromatic heterocycles. The number of benzene rings is 2. The van der Waals surface area contributed by atoms with Crippen LogP contribution < -0.4 is 10.6 Å². The van der Waals surface area contributed by atoms with E-state index in [9.17, 15) is 19.5 Å². The first-order valence-electron chi connectivity index (χ1n) is 13.2. The Labute approximate surface area is 221 Å². The SMILES string of the molecule is O=C(O)N[C@@H](C(=O)N1CCC[C@H]1C(=O)NCC1CCc2[nH]ncc2C1)C(c1ccccc1)c1ccccc1. The molecule has 0 bridgehead atoms. The number of H-pyrrole nitrogens is 1. The van der Waals surface area contributed by atoms with Crippen LogP contribution in [0.1, 0.15) is 47.6 Å². The van der Waals surface area contributed by atoms with Gasteiger partial charge in [0.25, 0.3) is 0 Å². The molecule has 2 aliphatic rings. The third kappa shape index (κ3) is 5.56. The van der Waals surface area contributed by atoms with Crippen LogP contribution >= 0.6 is 0 Å². The maximum absolute atomic E-state index is 14.0. The average Bonchev–Trinajstić information content (AvgIpc) is 3.62. The van der Waals surface area contributed by atoms with Crippen molar-refractivity contribution in [2.75, 3.05) is 13.1 Å². The van der Waals surface area contributed by atoms with Gasteiger partial charge in [0.15, 0.2) is 0 Å². The van der Waals surface area contributed by atoms with Crippen molar-refractivity contribution in [2.24, 2.45) is 5.92 Å². The number of rotatable bonds is 8. The summed E-state index contributed by atoms with van der Waals surface area (Å²) in [5.74, 6) is -0.796. The van der Waals surface area contributed by atoms with Crippen molar-refractivity contribution in [3.63, 3.8) is 0 Å². The summed E-state index contributed by atoms with van der Waals surface area (Å²) in [6.07, 6.45) is 4.54. The standard InChI is InChI=1S/C29H33N5O4/c35-27(30-17-19-13-14-23-22(16-19)18-31-33-23)24-12-7-15-34(24)28(36)26(32-29(37)38)25(20-8-3-1-4-9-20)21-10-5-2-6-11-21/h1-6,8-11,18-19,24-26,32H,7,12-17H2,(H,30,35)(H,31,33)(H,37,38)/t19?,24-,26+/m0/s1. The van der Waals surface area contributed by atoms with Gasteiger partial charge in [0, 0.05) is 24.7 Å². The number of carboxylic acid groups (broad SMARTS) is 1. The van der Waals surface area contributed by atoms with Crippen LogP contribution in [-0.2, 0) is 22.4 Å². The highest BCUT2D eigenvalue weighted by molar-refractivity contribution is 5.92. The zero-order valence-corrected chi connectivity index (χ0v) is 21.2. The fourth-order valence-electron chi connectivity index (χ4n) is 5.83. The van der Waals surface area contributed by atoms with Gasteiger partial charge in [0.2, 0.25) is 11.8 Å². The van der Waals surface area contributed by atoms with Gasteiger partial charge < -0.3 is 20.6 Å². The van der Waals surface area contributed by atoms with E-state index in [4.69, 9.17) is 0 Å². The van der Waals surface area contributed by atoms with Gasteiger partial charge >= 0.3 is 6.09 Å². The smallest absolute Gasteiger partial charge is 0.405 e. The third-order valence-electron chi connectivity index (χ3n) is 7.72. The van der Waals surface area contributed by atoms with Crippen molar-refractivity contribution in [3.05, 3.63) is 89.2 Å². The predicted octanol–water partition coefficient (Wildman–Crippen LogP) is 3.09. The number of carbonyl (C=O) groups excluding carboxylic acids is 2. The first-order chi connectivity index (χ1) is 18.5. The van der Waals surface area contributed by atoms with Gasteiger partial charge in [0.05, 0.1) is 6.20 Å². The van der Waals surface area contributed by atoms with Crippen molar-refractivity contribution in [1.82, 2.24) is 25.7 Å². The lowest BCUT2D eigenvalue weighted by molar-refractivity contribution is -0.140. The van der Waals surface area contributed by atoms with Crippen molar-refractivity contribution in [1.29, 1.82) is 0 Å². The molecule has 3 atom stereocenters. The monoisotopic (exact) mass is 515 g/mol. The summed E-state index contributed by atoms with van der Waals surface area (Å²) in [5, 5.41) is 22.4. The highest BCUT2D eigenvalue weighted by Crippen LogP contribution is 2.31. The maximum atomic E-state index is 14.0. The van der Waals surface area contributed by atoms with E-state index in [1.807, 2.05) is 66.9 Å². The van der Waals surface area contributed by atoms with E-state index in [1.165, 1.54) is 11.3 Å². The van der Waals surface area contributed by atoms with Crippen LogP contribution in [0.15, 0.2) is 66.9 Å². The molecule has 4 N–H and O–H groups in total. The zero-order valence-electron chi connectivity index (χ0n) is 21.2. The van der Waals surface area contributed by atoms with Crippen molar-refractivity contribution >= 4 is 17.9 Å². The minimum atomic E-state index is -1.28. The molecule has 1 saturated heterocycles. The Balaban J connectivity index is 1.34. The largest absolute Gasteiger partial charge is 0.465 e. The third-order valence-corrected chi connectivity index (χ3v) is 7.72. The molecule has 2 heterocycles. The molecule has 3 amide bonds. The number of likely N-dealkylation sites (tertiary alicyclic amines) is 1. The molecular formula is C29H33N5O4. The molecule has 9 heteroatoms. The van der Waals surface area contributed by atoms with Crippen LogP contribution in [0.2, 0.25) is 0 Å². The molecule has 1 aliphatic carbocycles. The minimum Gasteiger partial charge on any atom is -0.465 e. The normalized spacial score (nSPS) is 19.6. The van der Waals surface area contributed by atoms with Gasteiger partial charge in [-0.25, -0.2) is 4.79 Å². The van der Waals surface area contributed by atoms with E-state index in [0.29, 0.717) is 31.8 Å². The van der Waals surface area contributed by atoms with E-state index in [-0.39, 0.29) is 11.8 Å². The van der Waals surface area contributed by atoms with E-state index in [0.717, 1.165) is 30.4 Å². The lowest BCUT2D eigenvalue weighted by Crippen LogP contribution is -2.55. The van der Waals surface area contributed by atoms with Crippen LogP contribution in [0.25, 0.3) is 0 Å². The molecule has 1 fully saturated rings. The number of aromatic amines is 1. The molecular weight excluding hydrogens is 482 g/mol. The van der Waals surface area contributed by atoms with E-state index in [2.05, 4.69) is 20.8 Å². The fourth-order valence-corrected chi connectivity index (χ4v) is 5.83. The van der Waals surface area contributed by atoms with Gasteiger partial charge in [-0.15, -0.1) is 0 Å². The molecule has 0 saturated carbocycles. The van der Waals surface area contributed by atoms with Crippen LogP contribution in [0.4, 0.5) is 4.79 Å². The Morgan fingerprint density at radius 3 is 2.37 bits per heavy atom. The number of nitrogens with one attached hydrogen (secondary N) is 3. The lowest BCUT2D eigenvalue weighted by atomic mass is 9.84. The highest BCUT2D eigenvalue weighted by Gasteiger charge is 2.41. The molecule has 1 aliphatic heterocycles. The van der Waals surface area contributed by atoms with E-state index < -0.39 is 24.1 Å². The van der Waals surface area contributed by atoms with Gasteiger partial charge in [-0.2, -0.15) is 5.10 Å². The molecule has 5 rings (SSSR count). The number of nitrogens with zero attached hydrogens (tertiary/aromatic N) is 2. The number of hydrogen-bond donors (Lipinski definition) is 4. The second-order valence-electron chi connectivity index (χ2n) is 10.1. The lowest BCUT2D eigenvalue weighted by Gasteiger charge is -2.33. The number of fused-ring (bicyclic) bond motifs is 1. The average molecular weight is 516 g/mol. The number of aromatic nitrogens is 2. The summed E-state index contributed by atoms with van der Waals surface area (Å²) < 4.78 is 0. The number of carbonyl (C=O) groups is 3. The fraction of sp³-hybridized carbons (Fsp3) is 0.379. The van der Waals surface area contributed by atoms with Crippen LogP contribution in [0, 0.1) is 5.92 Å². The Hall–Kier alpha value is -4.14. The first-order valence-corrected chi connectivity index (χ1v) is 13.2. The van der Waals surface area contributed by atoms with Gasteiger partial charge in [-0.05, 0) is 54.7 Å². The summed E-state index contributed by atoms with van der Waals surface area (Å²) in [7, 11) is 0. The molecule has 2 aromatic carbocycles. The van der Waals surface area contributed by atoms with Gasteiger partial charge in [-0.3, -0.25) is 14.7 Å². The summed E-state index contributed by atoms with van der Waals surface area (Å²) in [6.45, 7) is 0.947. The van der Waals surface area contributed by atoms with Crippen LogP contribution in [0.3, 0.4) is 0 Å². The Bertz CT molecular complexity index is 1220. The molecule has 198 valence electrons. The summed E-state index contributed by atoms with van der Waals surface area (Å²) in [6, 6.07) is 17.1. The Morgan fingerprint density at radius 1 is 1.03 bits per heavy atom. The molecule has 0 radical (unpaired) electrons. The molecule has 3 aromatic rings. The van der Waals surface area contributed by atoms with Gasteiger partial charge in [-0.1, -0.05) is 60.7 Å². The minimum absolute atomic E-state index is 0.182. The second kappa shape index (κ2) is 11.5. The maximum Gasteiger partial charge on any atom is 0.405 e. The quantitative estimate of drug-likeness (QED) is 0.367. The van der Waals surface area contributed by atoms with Crippen molar-refractivity contribution in [3.8, 4) is 0 Å². The summed E-state index contributed by atoms with van der Waals surface area (Å²) in [4.78, 5) is 40.7. The topological polar surface area (TPSA) is 127 Å². The van der Waals surface area contributed by atoms with E-state index >= 15 is 0 Å². The number of hydrogen-bond acceptors (Lipinski definition) is 4. The summed E-state index contributed by atoms with van der Waals surface area (Å²) in [5.41, 5.74) is 4.01. The summed E-state index contributed by atoms with van der Waals surface area (Å²) >= 11 is 0. The first kappa shape index (κ1) is 25.5. The number of amides is 3. The van der Waals surface area contributed by atoms with Crippen LogP contribution in [-0.4, -0.2) is 63.3 Å². The highest BCUT2D eigenvalue weighted by atomic mass is 16.4. The van der Waals surface area contributed by atoms with Crippen molar-refractivity contribution in [2.45, 2.75) is 50.1 Å². The number of aryl methyl sites for hydroxylation is 1. The molecule has 38 heavy (non-hydrogen) atoms. The second-order valence-corrected chi connectivity index (χ2v) is 10.1. The van der Waals surface area contributed by atoms with E-state index in [1.54, 1.807) is 4.90 Å².